The normalized spacial score (nSPS) is 12.0. The average Bonchev–Trinajstić information content (AvgIpc) is 3.33. The largest absolute Gasteiger partial charge is 0.464 e. The van der Waals surface area contributed by atoms with Gasteiger partial charge in [-0.25, -0.2) is 19.7 Å². The molecular weight excluding hydrogens is 382 g/mol. The molecule has 2 aromatic heterocycles. The molecule has 0 saturated heterocycles. The molecule has 29 heavy (non-hydrogen) atoms. The molecule has 0 radical (unpaired) electrons. The van der Waals surface area contributed by atoms with Crippen molar-refractivity contribution in [2.75, 3.05) is 18.7 Å². The van der Waals surface area contributed by atoms with E-state index in [-0.39, 0.29) is 31.8 Å². The topological polar surface area (TPSA) is 127 Å². The van der Waals surface area contributed by atoms with Gasteiger partial charge in [0.25, 0.3) is 0 Å². The summed E-state index contributed by atoms with van der Waals surface area (Å²) in [7, 11) is 0. The van der Waals surface area contributed by atoms with Gasteiger partial charge in [0.1, 0.15) is 19.5 Å². The lowest BCUT2D eigenvalue weighted by Crippen LogP contribution is -2.15. The van der Waals surface area contributed by atoms with Gasteiger partial charge in [-0.2, -0.15) is 0 Å². The van der Waals surface area contributed by atoms with Gasteiger partial charge in [0.2, 0.25) is 6.79 Å². The molecule has 1 amide bonds. The Balaban J connectivity index is 1.39. The molecule has 150 valence electrons. The minimum Gasteiger partial charge on any atom is -0.464 e. The average molecular weight is 399 g/mol. The van der Waals surface area contributed by atoms with Gasteiger partial charge in [0.05, 0.1) is 12.9 Å². The predicted molar refractivity (Wildman–Crippen MR) is 98.3 cm³/mol. The fourth-order valence-electron chi connectivity index (χ4n) is 2.74. The third-order valence-corrected chi connectivity index (χ3v) is 4.07. The lowest BCUT2D eigenvalue weighted by molar-refractivity contribution is -0.141. The number of rotatable bonds is 6. The minimum absolute atomic E-state index is 0.0491. The molecule has 1 aromatic carbocycles. The van der Waals surface area contributed by atoms with Crippen molar-refractivity contribution in [1.29, 1.82) is 0 Å². The van der Waals surface area contributed by atoms with E-state index in [0.29, 0.717) is 29.2 Å². The van der Waals surface area contributed by atoms with Crippen LogP contribution in [-0.4, -0.2) is 45.0 Å². The number of fused-ring (bicyclic) bond motifs is 2. The Labute approximate surface area is 164 Å². The van der Waals surface area contributed by atoms with E-state index in [4.69, 9.17) is 18.9 Å². The van der Waals surface area contributed by atoms with Crippen molar-refractivity contribution < 1.29 is 28.5 Å². The molecule has 0 fully saturated rings. The van der Waals surface area contributed by atoms with Crippen LogP contribution in [0.2, 0.25) is 0 Å². The van der Waals surface area contributed by atoms with Crippen LogP contribution in [0.5, 0.6) is 11.5 Å². The standard InChI is InChI=1S/C18H17N5O6/c1-11(24)26-5-4-23-9-21-15-16(19-8-20-17(15)23)22-18(25)27-7-12-2-3-13-14(6-12)29-10-28-13/h2-3,6,8-9H,4-5,7,10H2,1H3,(H,19,20,22,25). The molecule has 11 nitrogen and oxygen atoms in total. The number of amides is 1. The van der Waals surface area contributed by atoms with E-state index in [9.17, 15) is 9.59 Å². The van der Waals surface area contributed by atoms with Crippen LogP contribution in [-0.2, 0) is 27.4 Å². The number of benzene rings is 1. The summed E-state index contributed by atoms with van der Waals surface area (Å²) >= 11 is 0. The van der Waals surface area contributed by atoms with Crippen molar-refractivity contribution in [1.82, 2.24) is 19.5 Å². The Bertz CT molecular complexity index is 1070. The van der Waals surface area contributed by atoms with Crippen LogP contribution in [0.4, 0.5) is 10.6 Å². The molecule has 1 aliphatic heterocycles. The van der Waals surface area contributed by atoms with Crippen LogP contribution >= 0.6 is 0 Å². The molecule has 3 heterocycles. The van der Waals surface area contributed by atoms with Gasteiger partial charge in [0.15, 0.2) is 28.5 Å². The van der Waals surface area contributed by atoms with E-state index in [2.05, 4.69) is 20.3 Å². The molecule has 1 N–H and O–H groups in total. The van der Waals surface area contributed by atoms with Crippen LogP contribution in [0, 0.1) is 0 Å². The maximum atomic E-state index is 12.2. The van der Waals surface area contributed by atoms with Crippen molar-refractivity contribution >= 4 is 29.0 Å². The second-order valence-electron chi connectivity index (χ2n) is 6.06. The number of nitrogens with one attached hydrogen (secondary N) is 1. The quantitative estimate of drug-likeness (QED) is 0.618. The summed E-state index contributed by atoms with van der Waals surface area (Å²) < 4.78 is 22.4. The molecule has 3 aromatic rings. The zero-order chi connectivity index (χ0) is 20.2. The molecule has 0 unspecified atom stereocenters. The summed E-state index contributed by atoms with van der Waals surface area (Å²) in [6.07, 6.45) is 2.16. The van der Waals surface area contributed by atoms with E-state index in [1.165, 1.54) is 19.6 Å². The third-order valence-electron chi connectivity index (χ3n) is 4.07. The zero-order valence-electron chi connectivity index (χ0n) is 15.5. The number of imidazole rings is 1. The Morgan fingerprint density at radius 1 is 1.17 bits per heavy atom. The number of carbonyl (C=O) groups is 2. The molecule has 0 bridgehead atoms. The van der Waals surface area contributed by atoms with Gasteiger partial charge in [-0.3, -0.25) is 10.1 Å². The molecule has 11 heteroatoms. The summed E-state index contributed by atoms with van der Waals surface area (Å²) in [6.45, 7) is 2.13. The first-order valence-electron chi connectivity index (χ1n) is 8.71. The lowest BCUT2D eigenvalue weighted by Gasteiger charge is -2.08. The number of nitrogens with zero attached hydrogens (tertiary/aromatic N) is 4. The number of esters is 1. The van der Waals surface area contributed by atoms with Gasteiger partial charge >= 0.3 is 12.1 Å². The number of anilines is 1. The number of aromatic nitrogens is 4. The van der Waals surface area contributed by atoms with Gasteiger partial charge in [0, 0.05) is 6.92 Å². The molecule has 4 rings (SSSR count). The van der Waals surface area contributed by atoms with Gasteiger partial charge < -0.3 is 23.5 Å². The van der Waals surface area contributed by atoms with E-state index in [1.807, 2.05) is 0 Å². The number of hydrogen-bond acceptors (Lipinski definition) is 9. The highest BCUT2D eigenvalue weighted by molar-refractivity contribution is 5.93. The highest BCUT2D eigenvalue weighted by Gasteiger charge is 2.16. The van der Waals surface area contributed by atoms with E-state index >= 15 is 0 Å². The first-order chi connectivity index (χ1) is 14.1. The monoisotopic (exact) mass is 399 g/mol. The first kappa shape index (κ1) is 18.5. The van der Waals surface area contributed by atoms with Crippen LogP contribution in [0.3, 0.4) is 0 Å². The van der Waals surface area contributed by atoms with E-state index in [1.54, 1.807) is 22.8 Å². The summed E-state index contributed by atoms with van der Waals surface area (Å²) in [5.74, 6) is 1.13. The zero-order valence-corrected chi connectivity index (χ0v) is 15.5. The molecule has 1 aliphatic rings. The van der Waals surface area contributed by atoms with Crippen molar-refractivity contribution in [3.05, 3.63) is 36.4 Å². The Morgan fingerprint density at radius 3 is 2.90 bits per heavy atom. The number of ether oxygens (including phenoxy) is 4. The predicted octanol–water partition coefficient (Wildman–Crippen LogP) is 1.87. The minimum atomic E-state index is -0.683. The molecule has 0 saturated carbocycles. The maximum Gasteiger partial charge on any atom is 0.413 e. The third kappa shape index (κ3) is 4.18. The lowest BCUT2D eigenvalue weighted by atomic mass is 10.2. The number of carbonyl (C=O) groups excluding carboxylic acids is 2. The summed E-state index contributed by atoms with van der Waals surface area (Å²) in [4.78, 5) is 35.5. The van der Waals surface area contributed by atoms with Gasteiger partial charge in [-0.15, -0.1) is 0 Å². The van der Waals surface area contributed by atoms with E-state index in [0.717, 1.165) is 5.56 Å². The van der Waals surface area contributed by atoms with Gasteiger partial charge in [-0.05, 0) is 17.7 Å². The van der Waals surface area contributed by atoms with E-state index < -0.39 is 6.09 Å². The smallest absolute Gasteiger partial charge is 0.413 e. The Hall–Kier alpha value is -3.89. The fraction of sp³-hybridized carbons (Fsp3) is 0.278. The second-order valence-corrected chi connectivity index (χ2v) is 6.06. The van der Waals surface area contributed by atoms with Crippen molar-refractivity contribution in [3.8, 4) is 11.5 Å². The molecule has 0 spiro atoms. The van der Waals surface area contributed by atoms with Crippen LogP contribution in [0.15, 0.2) is 30.9 Å². The van der Waals surface area contributed by atoms with Gasteiger partial charge in [-0.1, -0.05) is 6.07 Å². The highest BCUT2D eigenvalue weighted by Crippen LogP contribution is 2.32. The molecular formula is C18H17N5O6. The fourth-order valence-corrected chi connectivity index (χ4v) is 2.74. The van der Waals surface area contributed by atoms with Crippen molar-refractivity contribution in [3.63, 3.8) is 0 Å². The second kappa shape index (κ2) is 8.00. The summed E-state index contributed by atoms with van der Waals surface area (Å²) in [6, 6.07) is 5.30. The first-order valence-corrected chi connectivity index (χ1v) is 8.71. The molecule has 0 atom stereocenters. The number of hydrogen-bond donors (Lipinski definition) is 1. The Morgan fingerprint density at radius 2 is 2.03 bits per heavy atom. The SMILES string of the molecule is CC(=O)OCCn1cnc2c(NC(=O)OCc3ccc4c(c3)OCO4)ncnc21. The van der Waals surface area contributed by atoms with Crippen LogP contribution < -0.4 is 14.8 Å². The highest BCUT2D eigenvalue weighted by atomic mass is 16.7. The summed E-state index contributed by atoms with van der Waals surface area (Å²) in [5.41, 5.74) is 1.65. The summed E-state index contributed by atoms with van der Waals surface area (Å²) in [5, 5.41) is 2.57. The molecule has 0 aliphatic carbocycles. The van der Waals surface area contributed by atoms with Crippen LogP contribution in [0.25, 0.3) is 11.2 Å². The van der Waals surface area contributed by atoms with Crippen LogP contribution in [0.1, 0.15) is 12.5 Å². The van der Waals surface area contributed by atoms with Crippen molar-refractivity contribution in [2.24, 2.45) is 0 Å². The van der Waals surface area contributed by atoms with Crippen molar-refractivity contribution in [2.45, 2.75) is 20.1 Å². The maximum absolute atomic E-state index is 12.2. The Kier molecular flexibility index (Phi) is 5.10.